The number of ether oxygens (including phenoxy) is 1. The molecule has 0 N–H and O–H groups in total. The van der Waals surface area contributed by atoms with E-state index < -0.39 is 0 Å². The molecule has 1 aromatic carbocycles. The predicted molar refractivity (Wildman–Crippen MR) is 72.3 cm³/mol. The summed E-state index contributed by atoms with van der Waals surface area (Å²) in [4.78, 5) is 0. The fourth-order valence-electron chi connectivity index (χ4n) is 1.30. The van der Waals surface area contributed by atoms with Gasteiger partial charge in [0.15, 0.2) is 0 Å². The van der Waals surface area contributed by atoms with E-state index in [-0.39, 0.29) is 0 Å². The lowest BCUT2D eigenvalue weighted by Crippen LogP contribution is -2.08. The molecule has 0 aliphatic rings. The van der Waals surface area contributed by atoms with Crippen LogP contribution in [0, 0.1) is 0 Å². The topological polar surface area (TPSA) is 39.9 Å². The van der Waals surface area contributed by atoms with Crippen molar-refractivity contribution in [3.05, 3.63) is 40.6 Å². The number of rotatable bonds is 5. The van der Waals surface area contributed by atoms with E-state index in [1.807, 2.05) is 30.5 Å². The Balaban J connectivity index is 1.81. The Hall–Kier alpha value is -0.880. The maximum atomic E-state index is 5.59. The molecule has 0 unspecified atom stereocenters. The first-order chi connectivity index (χ1) is 8.28. The van der Waals surface area contributed by atoms with Crippen LogP contribution in [0.2, 0.25) is 0 Å². The second kappa shape index (κ2) is 6.16. The third-order valence-electron chi connectivity index (χ3n) is 2.13. The number of nitrogens with zero attached hydrogens (tertiary/aromatic N) is 3. The molecule has 0 bridgehead atoms. The molecule has 0 spiro atoms. The second-order valence-electron chi connectivity index (χ2n) is 3.41. The highest BCUT2D eigenvalue weighted by Gasteiger charge is 1.99. The van der Waals surface area contributed by atoms with Gasteiger partial charge in [0.1, 0.15) is 12.4 Å². The van der Waals surface area contributed by atoms with E-state index >= 15 is 0 Å². The molecule has 4 nitrogen and oxygen atoms in total. The third kappa shape index (κ3) is 3.81. The van der Waals surface area contributed by atoms with Crippen molar-refractivity contribution >= 4 is 31.9 Å². The number of benzene rings is 1. The summed E-state index contributed by atoms with van der Waals surface area (Å²) in [6.45, 7) is 1.27. The lowest BCUT2D eigenvalue weighted by atomic mass is 10.3. The van der Waals surface area contributed by atoms with Crippen LogP contribution >= 0.6 is 31.9 Å². The highest BCUT2D eigenvalue weighted by atomic mass is 79.9. The SMILES string of the molecule is BrCc1cn(CCOc2ccc(Br)cc2)nn1. The highest BCUT2D eigenvalue weighted by molar-refractivity contribution is 9.10. The average molecular weight is 361 g/mol. The number of halogens is 2. The van der Waals surface area contributed by atoms with Crippen LogP contribution in [0.1, 0.15) is 5.69 Å². The fourth-order valence-corrected chi connectivity index (χ4v) is 1.82. The molecule has 17 heavy (non-hydrogen) atoms. The summed E-state index contributed by atoms with van der Waals surface area (Å²) in [7, 11) is 0. The van der Waals surface area contributed by atoms with E-state index in [4.69, 9.17) is 4.74 Å². The maximum Gasteiger partial charge on any atom is 0.119 e. The van der Waals surface area contributed by atoms with Crippen LogP contribution in [-0.4, -0.2) is 21.6 Å². The molecular formula is C11H11Br2N3O. The van der Waals surface area contributed by atoms with Gasteiger partial charge >= 0.3 is 0 Å². The summed E-state index contributed by atoms with van der Waals surface area (Å²) in [6.07, 6.45) is 1.90. The lowest BCUT2D eigenvalue weighted by molar-refractivity contribution is 0.289. The summed E-state index contributed by atoms with van der Waals surface area (Å²) in [5.74, 6) is 0.856. The molecule has 1 heterocycles. The van der Waals surface area contributed by atoms with Crippen molar-refractivity contribution in [3.8, 4) is 5.75 Å². The van der Waals surface area contributed by atoms with Crippen LogP contribution in [0.15, 0.2) is 34.9 Å². The van der Waals surface area contributed by atoms with E-state index in [0.29, 0.717) is 13.2 Å². The van der Waals surface area contributed by atoms with Crippen molar-refractivity contribution in [3.63, 3.8) is 0 Å². The summed E-state index contributed by atoms with van der Waals surface area (Å²) in [5, 5.41) is 8.68. The molecule has 2 rings (SSSR count). The van der Waals surface area contributed by atoms with Gasteiger partial charge in [-0.1, -0.05) is 37.1 Å². The predicted octanol–water partition coefficient (Wildman–Crippen LogP) is 3.01. The zero-order valence-electron chi connectivity index (χ0n) is 9.01. The third-order valence-corrected chi connectivity index (χ3v) is 3.23. The molecule has 1 aromatic heterocycles. The molecule has 0 atom stereocenters. The minimum atomic E-state index is 0.576. The standard InChI is InChI=1S/C11H11Br2N3O/c12-7-10-8-16(15-14-10)5-6-17-11-3-1-9(13)2-4-11/h1-4,8H,5-7H2. The molecule has 0 amide bonds. The molecule has 0 saturated carbocycles. The molecule has 90 valence electrons. The Morgan fingerprint density at radius 3 is 2.65 bits per heavy atom. The van der Waals surface area contributed by atoms with Crippen molar-refractivity contribution in [2.45, 2.75) is 11.9 Å². The highest BCUT2D eigenvalue weighted by Crippen LogP contribution is 2.15. The fraction of sp³-hybridized carbons (Fsp3) is 0.273. The molecule has 0 saturated heterocycles. The molecule has 0 radical (unpaired) electrons. The van der Waals surface area contributed by atoms with Gasteiger partial charge in [0.25, 0.3) is 0 Å². The Labute approximate surface area is 116 Å². The number of hydrogen-bond donors (Lipinski definition) is 0. The van der Waals surface area contributed by atoms with Crippen LogP contribution < -0.4 is 4.74 Å². The van der Waals surface area contributed by atoms with E-state index in [1.54, 1.807) is 4.68 Å². The van der Waals surface area contributed by atoms with Gasteiger partial charge in [-0.2, -0.15) is 0 Å². The van der Waals surface area contributed by atoms with Crippen LogP contribution in [0.3, 0.4) is 0 Å². The lowest BCUT2D eigenvalue weighted by Gasteiger charge is -2.05. The van der Waals surface area contributed by atoms with E-state index in [2.05, 4.69) is 42.2 Å². The van der Waals surface area contributed by atoms with Crippen molar-refractivity contribution < 1.29 is 4.74 Å². The van der Waals surface area contributed by atoms with Crippen molar-refractivity contribution in [2.75, 3.05) is 6.61 Å². The Morgan fingerprint density at radius 2 is 2.00 bits per heavy atom. The first kappa shape index (κ1) is 12.6. The van der Waals surface area contributed by atoms with Gasteiger partial charge in [-0.05, 0) is 24.3 Å². The summed E-state index contributed by atoms with van der Waals surface area (Å²) in [5.41, 5.74) is 0.925. The van der Waals surface area contributed by atoms with Gasteiger partial charge in [-0.15, -0.1) is 5.10 Å². The van der Waals surface area contributed by atoms with E-state index in [1.165, 1.54) is 0 Å². The zero-order valence-corrected chi connectivity index (χ0v) is 12.2. The summed E-state index contributed by atoms with van der Waals surface area (Å²) in [6, 6.07) is 7.76. The minimum absolute atomic E-state index is 0.576. The largest absolute Gasteiger partial charge is 0.492 e. The second-order valence-corrected chi connectivity index (χ2v) is 4.89. The molecule has 0 aliphatic heterocycles. The van der Waals surface area contributed by atoms with Crippen molar-refractivity contribution in [1.82, 2.24) is 15.0 Å². The monoisotopic (exact) mass is 359 g/mol. The van der Waals surface area contributed by atoms with E-state index in [0.717, 1.165) is 21.2 Å². The Bertz CT molecular complexity index is 470. The van der Waals surface area contributed by atoms with E-state index in [9.17, 15) is 0 Å². The van der Waals surface area contributed by atoms with Crippen LogP contribution in [0.5, 0.6) is 5.75 Å². The van der Waals surface area contributed by atoms with Gasteiger partial charge in [0.2, 0.25) is 0 Å². The Morgan fingerprint density at radius 1 is 1.24 bits per heavy atom. The van der Waals surface area contributed by atoms with Gasteiger partial charge < -0.3 is 4.74 Å². The summed E-state index contributed by atoms with van der Waals surface area (Å²) < 4.78 is 8.40. The molecule has 2 aromatic rings. The maximum absolute atomic E-state index is 5.59. The Kier molecular flexibility index (Phi) is 4.56. The van der Waals surface area contributed by atoms with Crippen LogP contribution in [-0.2, 0) is 11.9 Å². The molecule has 0 aliphatic carbocycles. The van der Waals surface area contributed by atoms with Gasteiger partial charge in [-0.25, -0.2) is 4.68 Å². The van der Waals surface area contributed by atoms with Gasteiger partial charge in [0, 0.05) is 16.0 Å². The molecular weight excluding hydrogens is 350 g/mol. The van der Waals surface area contributed by atoms with Crippen molar-refractivity contribution in [1.29, 1.82) is 0 Å². The quantitative estimate of drug-likeness (QED) is 0.769. The first-order valence-electron chi connectivity index (χ1n) is 5.11. The number of hydrogen-bond acceptors (Lipinski definition) is 3. The first-order valence-corrected chi connectivity index (χ1v) is 7.03. The smallest absolute Gasteiger partial charge is 0.119 e. The zero-order chi connectivity index (χ0) is 12.1. The normalized spacial score (nSPS) is 10.5. The van der Waals surface area contributed by atoms with Gasteiger partial charge in [0.05, 0.1) is 12.2 Å². The summed E-state index contributed by atoms with van der Waals surface area (Å²) >= 11 is 6.71. The molecule has 0 fully saturated rings. The van der Waals surface area contributed by atoms with Crippen LogP contribution in [0.25, 0.3) is 0 Å². The van der Waals surface area contributed by atoms with Gasteiger partial charge in [-0.3, -0.25) is 0 Å². The number of alkyl halides is 1. The van der Waals surface area contributed by atoms with Crippen molar-refractivity contribution in [2.24, 2.45) is 0 Å². The molecule has 6 heteroatoms. The minimum Gasteiger partial charge on any atom is -0.492 e. The average Bonchev–Trinajstić information content (AvgIpc) is 2.80. The van der Waals surface area contributed by atoms with Crippen LogP contribution in [0.4, 0.5) is 0 Å². The number of aromatic nitrogens is 3.